The number of aryl methyl sites for hydroxylation is 1. The van der Waals surface area contributed by atoms with Gasteiger partial charge in [0, 0.05) is 51.5 Å². The fourth-order valence-electron chi connectivity index (χ4n) is 3.66. The summed E-state index contributed by atoms with van der Waals surface area (Å²) >= 11 is 0. The van der Waals surface area contributed by atoms with Crippen LogP contribution in [-0.2, 0) is 17.6 Å². The van der Waals surface area contributed by atoms with Crippen LogP contribution in [0.2, 0.25) is 0 Å². The smallest absolute Gasteiger partial charge is 0.276 e. The van der Waals surface area contributed by atoms with Gasteiger partial charge in [0.2, 0.25) is 11.8 Å². The normalized spacial score (nSPS) is 17.0. The average Bonchev–Trinajstić information content (AvgIpc) is 3.30. The van der Waals surface area contributed by atoms with E-state index in [4.69, 9.17) is 9.05 Å². The molecule has 9 heteroatoms. The first-order valence-electron chi connectivity index (χ1n) is 10.1. The first-order valence-corrected chi connectivity index (χ1v) is 10.1. The van der Waals surface area contributed by atoms with Crippen molar-refractivity contribution < 1.29 is 18.6 Å². The maximum absolute atomic E-state index is 12.7. The number of nitrogens with zero attached hydrogens (tertiary/aromatic N) is 5. The van der Waals surface area contributed by atoms with Gasteiger partial charge in [0.1, 0.15) is 5.76 Å². The van der Waals surface area contributed by atoms with Crippen molar-refractivity contribution >= 4 is 11.8 Å². The fraction of sp³-hybridized carbons (Fsp3) is 0.650. The Bertz CT molecular complexity index is 844. The molecule has 1 unspecified atom stereocenters. The van der Waals surface area contributed by atoms with Crippen LogP contribution < -0.4 is 0 Å². The molecule has 0 aliphatic carbocycles. The van der Waals surface area contributed by atoms with Crippen molar-refractivity contribution in [1.82, 2.24) is 25.1 Å². The highest BCUT2D eigenvalue weighted by molar-refractivity contribution is 5.92. The van der Waals surface area contributed by atoms with Gasteiger partial charge in [-0.2, -0.15) is 4.98 Å². The van der Waals surface area contributed by atoms with Crippen LogP contribution in [0.5, 0.6) is 0 Å². The van der Waals surface area contributed by atoms with Crippen LogP contribution in [0.15, 0.2) is 15.1 Å². The SMILES string of the molecule is CC(=O)N(CCc1noc(CC(C)C)n1)C1CCCN(C(=O)c2cc(C)on2)C1. The highest BCUT2D eigenvalue weighted by Gasteiger charge is 2.31. The maximum Gasteiger partial charge on any atom is 0.276 e. The Balaban J connectivity index is 1.61. The van der Waals surface area contributed by atoms with Gasteiger partial charge in [-0.15, -0.1) is 0 Å². The number of rotatable bonds is 7. The molecule has 158 valence electrons. The number of amides is 2. The predicted molar refractivity (Wildman–Crippen MR) is 104 cm³/mol. The zero-order valence-corrected chi connectivity index (χ0v) is 17.6. The summed E-state index contributed by atoms with van der Waals surface area (Å²) in [6, 6.07) is 1.60. The molecule has 1 aliphatic heterocycles. The van der Waals surface area contributed by atoms with Crippen LogP contribution in [-0.4, -0.2) is 62.6 Å². The van der Waals surface area contributed by atoms with Crippen molar-refractivity contribution in [2.75, 3.05) is 19.6 Å². The third-order valence-electron chi connectivity index (χ3n) is 5.05. The molecule has 1 fully saturated rings. The van der Waals surface area contributed by atoms with E-state index in [-0.39, 0.29) is 17.9 Å². The molecule has 1 saturated heterocycles. The van der Waals surface area contributed by atoms with Crippen molar-refractivity contribution in [3.05, 3.63) is 29.2 Å². The summed E-state index contributed by atoms with van der Waals surface area (Å²) in [6.45, 7) is 9.12. The molecule has 9 nitrogen and oxygen atoms in total. The molecular weight excluding hydrogens is 374 g/mol. The minimum atomic E-state index is -0.161. The molecule has 2 aromatic rings. The highest BCUT2D eigenvalue weighted by atomic mass is 16.5. The third-order valence-corrected chi connectivity index (χ3v) is 5.05. The lowest BCUT2D eigenvalue weighted by Gasteiger charge is -2.38. The Morgan fingerprint density at radius 2 is 2.10 bits per heavy atom. The van der Waals surface area contributed by atoms with Crippen molar-refractivity contribution in [2.45, 2.75) is 59.4 Å². The lowest BCUT2D eigenvalue weighted by atomic mass is 10.0. The molecule has 3 heterocycles. The van der Waals surface area contributed by atoms with E-state index in [1.807, 2.05) is 4.90 Å². The number of carbonyl (C=O) groups is 2. The quantitative estimate of drug-likeness (QED) is 0.698. The van der Waals surface area contributed by atoms with E-state index in [9.17, 15) is 9.59 Å². The molecule has 0 spiro atoms. The molecule has 0 bridgehead atoms. The Morgan fingerprint density at radius 3 is 2.76 bits per heavy atom. The van der Waals surface area contributed by atoms with Gasteiger partial charge < -0.3 is 18.8 Å². The minimum absolute atomic E-state index is 0.0209. The average molecular weight is 403 g/mol. The second kappa shape index (κ2) is 9.19. The van der Waals surface area contributed by atoms with Crippen LogP contribution in [0.3, 0.4) is 0 Å². The molecule has 0 saturated carbocycles. The summed E-state index contributed by atoms with van der Waals surface area (Å²) in [4.78, 5) is 33.0. The van der Waals surface area contributed by atoms with E-state index in [2.05, 4.69) is 29.1 Å². The van der Waals surface area contributed by atoms with Gasteiger partial charge in [0.15, 0.2) is 11.5 Å². The maximum atomic E-state index is 12.7. The van der Waals surface area contributed by atoms with Crippen LogP contribution in [0.25, 0.3) is 0 Å². The monoisotopic (exact) mass is 403 g/mol. The largest absolute Gasteiger partial charge is 0.361 e. The molecule has 1 aliphatic rings. The molecule has 0 N–H and O–H groups in total. The molecular formula is C20H29N5O4. The summed E-state index contributed by atoms with van der Waals surface area (Å²) in [5.74, 6) is 2.09. The summed E-state index contributed by atoms with van der Waals surface area (Å²) in [5, 5.41) is 7.84. The Hall–Kier alpha value is -2.71. The number of carbonyl (C=O) groups excluding carboxylic acids is 2. The van der Waals surface area contributed by atoms with Crippen LogP contribution in [0, 0.1) is 12.8 Å². The van der Waals surface area contributed by atoms with Crippen LogP contribution in [0.1, 0.15) is 61.6 Å². The molecule has 0 aromatic carbocycles. The number of hydrogen-bond donors (Lipinski definition) is 0. The number of piperidine rings is 1. The highest BCUT2D eigenvalue weighted by Crippen LogP contribution is 2.19. The van der Waals surface area contributed by atoms with Gasteiger partial charge >= 0.3 is 0 Å². The van der Waals surface area contributed by atoms with Crippen molar-refractivity contribution in [1.29, 1.82) is 0 Å². The lowest BCUT2D eigenvalue weighted by molar-refractivity contribution is -0.132. The summed E-state index contributed by atoms with van der Waals surface area (Å²) < 4.78 is 10.3. The Labute approximate surface area is 170 Å². The second-order valence-corrected chi connectivity index (χ2v) is 8.03. The van der Waals surface area contributed by atoms with Gasteiger partial charge in [-0.1, -0.05) is 24.2 Å². The van der Waals surface area contributed by atoms with E-state index in [0.29, 0.717) is 55.1 Å². The van der Waals surface area contributed by atoms with E-state index in [1.54, 1.807) is 24.8 Å². The molecule has 0 radical (unpaired) electrons. The zero-order chi connectivity index (χ0) is 21.0. The van der Waals surface area contributed by atoms with E-state index >= 15 is 0 Å². The standard InChI is InChI=1S/C20H29N5O4/c1-13(2)10-19-21-18(23-29-19)7-9-25(15(4)26)16-6-5-8-24(12-16)20(27)17-11-14(3)28-22-17/h11,13,16H,5-10,12H2,1-4H3. The van der Waals surface area contributed by atoms with Gasteiger partial charge in [0.25, 0.3) is 5.91 Å². The van der Waals surface area contributed by atoms with Gasteiger partial charge in [-0.3, -0.25) is 9.59 Å². The minimum Gasteiger partial charge on any atom is -0.361 e. The molecule has 2 amide bonds. The predicted octanol–water partition coefficient (Wildman–Crippen LogP) is 2.26. The molecule has 29 heavy (non-hydrogen) atoms. The van der Waals surface area contributed by atoms with E-state index in [0.717, 1.165) is 19.3 Å². The molecule has 3 rings (SSSR count). The topological polar surface area (TPSA) is 106 Å². The van der Waals surface area contributed by atoms with Gasteiger partial charge in [-0.25, -0.2) is 0 Å². The Kier molecular flexibility index (Phi) is 6.66. The first-order chi connectivity index (χ1) is 13.8. The van der Waals surface area contributed by atoms with Crippen molar-refractivity contribution in [3.63, 3.8) is 0 Å². The van der Waals surface area contributed by atoms with Gasteiger partial charge in [0.05, 0.1) is 0 Å². The number of hydrogen-bond acceptors (Lipinski definition) is 7. The third kappa shape index (κ3) is 5.42. The molecule has 2 aromatic heterocycles. The van der Waals surface area contributed by atoms with Gasteiger partial charge in [-0.05, 0) is 25.7 Å². The summed E-state index contributed by atoms with van der Waals surface area (Å²) in [5.41, 5.74) is 0.307. The lowest BCUT2D eigenvalue weighted by Crippen LogP contribution is -2.51. The second-order valence-electron chi connectivity index (χ2n) is 8.03. The number of aromatic nitrogens is 3. The van der Waals surface area contributed by atoms with E-state index < -0.39 is 0 Å². The Morgan fingerprint density at radius 1 is 1.31 bits per heavy atom. The number of likely N-dealkylation sites (tertiary alicyclic amines) is 1. The van der Waals surface area contributed by atoms with Crippen molar-refractivity contribution in [3.8, 4) is 0 Å². The van der Waals surface area contributed by atoms with Crippen LogP contribution >= 0.6 is 0 Å². The fourth-order valence-corrected chi connectivity index (χ4v) is 3.66. The van der Waals surface area contributed by atoms with Crippen molar-refractivity contribution in [2.24, 2.45) is 5.92 Å². The summed E-state index contributed by atoms with van der Waals surface area (Å²) in [6.07, 6.45) is 2.95. The first kappa shape index (κ1) is 21.0. The van der Waals surface area contributed by atoms with E-state index in [1.165, 1.54) is 0 Å². The molecule has 1 atom stereocenters. The zero-order valence-electron chi connectivity index (χ0n) is 17.6. The van der Waals surface area contributed by atoms with Crippen LogP contribution in [0.4, 0.5) is 0 Å². The summed E-state index contributed by atoms with van der Waals surface area (Å²) in [7, 11) is 0.